The first-order valence-corrected chi connectivity index (χ1v) is 6.26. The maximum absolute atomic E-state index is 10.6. The van der Waals surface area contributed by atoms with Crippen molar-refractivity contribution in [1.82, 2.24) is 4.90 Å². The first kappa shape index (κ1) is 21.7. The molecule has 0 saturated heterocycles. The van der Waals surface area contributed by atoms with Crippen molar-refractivity contribution < 1.29 is 4.79 Å². The van der Waals surface area contributed by atoms with E-state index in [1.54, 1.807) is 13.0 Å². The third-order valence-electron chi connectivity index (χ3n) is 1.89. The van der Waals surface area contributed by atoms with Crippen LogP contribution in [0, 0.1) is 5.41 Å². The molecule has 18 heavy (non-hydrogen) atoms. The van der Waals surface area contributed by atoms with Crippen molar-refractivity contribution in [2.24, 2.45) is 5.73 Å². The minimum atomic E-state index is 0.145. The molecule has 0 aliphatic carbocycles. The fraction of sp³-hybridized carbons (Fsp3) is 0.571. The van der Waals surface area contributed by atoms with Gasteiger partial charge in [0.2, 0.25) is 0 Å². The molecule has 4 heteroatoms. The number of nitrogens with one attached hydrogen (secondary N) is 1. The van der Waals surface area contributed by atoms with E-state index in [1.165, 1.54) is 0 Å². The number of carbonyl (C=O) groups excluding carboxylic acids is 1. The Morgan fingerprint density at radius 1 is 1.11 bits per heavy atom. The van der Waals surface area contributed by atoms with Crippen molar-refractivity contribution in [1.29, 1.82) is 5.41 Å². The Hall–Kier alpha value is -1.58. The van der Waals surface area contributed by atoms with Gasteiger partial charge in [0.25, 0.3) is 0 Å². The summed E-state index contributed by atoms with van der Waals surface area (Å²) in [6.07, 6.45) is 2.22. The molecule has 0 heterocycles. The molecule has 0 aromatic carbocycles. The smallest absolute Gasteiger partial charge is 0.153 e. The van der Waals surface area contributed by atoms with Gasteiger partial charge in [0.15, 0.2) is 6.29 Å². The van der Waals surface area contributed by atoms with E-state index in [0.29, 0.717) is 12.0 Å². The van der Waals surface area contributed by atoms with Gasteiger partial charge in [0.1, 0.15) is 0 Å². The van der Waals surface area contributed by atoms with Gasteiger partial charge >= 0.3 is 0 Å². The average molecular weight is 255 g/mol. The van der Waals surface area contributed by atoms with Crippen molar-refractivity contribution in [3.8, 4) is 0 Å². The van der Waals surface area contributed by atoms with Crippen LogP contribution in [0.15, 0.2) is 23.0 Å². The number of hydrogen-bond donors (Lipinski definition) is 2. The molecule has 3 N–H and O–H groups in total. The van der Waals surface area contributed by atoms with Gasteiger partial charge in [-0.05, 0) is 19.9 Å². The Kier molecular flexibility index (Phi) is 16.2. The van der Waals surface area contributed by atoms with Crippen LogP contribution in [-0.2, 0) is 4.79 Å². The molecule has 0 spiro atoms. The highest BCUT2D eigenvalue weighted by atomic mass is 16.1. The summed E-state index contributed by atoms with van der Waals surface area (Å²) in [6, 6.07) is 0. The second kappa shape index (κ2) is 13.5. The second-order valence-corrected chi connectivity index (χ2v) is 3.31. The highest BCUT2D eigenvalue weighted by Crippen LogP contribution is 2.03. The molecular formula is C14H29N3O. The summed E-state index contributed by atoms with van der Waals surface area (Å²) in [6.45, 7) is 11.5. The zero-order chi connectivity index (χ0) is 15.3. The van der Waals surface area contributed by atoms with E-state index < -0.39 is 0 Å². The first-order valence-electron chi connectivity index (χ1n) is 6.26. The number of nitrogens with two attached hydrogens (primary N) is 1. The molecule has 0 saturated carbocycles. The largest absolute Gasteiger partial charge is 0.402 e. The lowest BCUT2D eigenvalue weighted by Crippen LogP contribution is -2.13. The van der Waals surface area contributed by atoms with E-state index in [9.17, 15) is 4.79 Å². The molecule has 0 atom stereocenters. The van der Waals surface area contributed by atoms with E-state index in [-0.39, 0.29) is 11.3 Å². The van der Waals surface area contributed by atoms with Crippen molar-refractivity contribution in [2.75, 3.05) is 14.1 Å². The molecule has 0 aliphatic rings. The highest BCUT2D eigenvalue weighted by molar-refractivity contribution is 6.19. The molecule has 0 unspecified atom stereocenters. The van der Waals surface area contributed by atoms with Gasteiger partial charge in [0, 0.05) is 25.5 Å². The van der Waals surface area contributed by atoms with Gasteiger partial charge in [-0.3, -0.25) is 4.79 Å². The number of hydrogen-bond acceptors (Lipinski definition) is 4. The van der Waals surface area contributed by atoms with Crippen molar-refractivity contribution in [2.45, 2.75) is 41.5 Å². The second-order valence-electron chi connectivity index (χ2n) is 3.31. The van der Waals surface area contributed by atoms with Crippen LogP contribution in [0.1, 0.15) is 41.5 Å². The SMILES string of the molecule is C/C(=C/C(=N)/C(C=O)=C(/C)N)N(C)C.CC.CC. The van der Waals surface area contributed by atoms with E-state index in [4.69, 9.17) is 11.1 Å². The molecule has 0 radical (unpaired) electrons. The lowest BCUT2D eigenvalue weighted by atomic mass is 10.1. The Bertz CT molecular complexity index is 298. The lowest BCUT2D eigenvalue weighted by molar-refractivity contribution is -0.104. The first-order chi connectivity index (χ1) is 8.40. The molecule has 0 aromatic heterocycles. The molecule has 4 nitrogen and oxygen atoms in total. The molecule has 0 aromatic rings. The van der Waals surface area contributed by atoms with Gasteiger partial charge < -0.3 is 16.0 Å². The minimum absolute atomic E-state index is 0.145. The average Bonchev–Trinajstić information content (AvgIpc) is 2.34. The third-order valence-corrected chi connectivity index (χ3v) is 1.89. The summed E-state index contributed by atoms with van der Waals surface area (Å²) in [7, 11) is 3.75. The van der Waals surface area contributed by atoms with Crippen LogP contribution in [0.4, 0.5) is 0 Å². The number of allylic oxidation sites excluding steroid dienone is 4. The van der Waals surface area contributed by atoms with E-state index >= 15 is 0 Å². The van der Waals surface area contributed by atoms with Gasteiger partial charge in [0.05, 0.1) is 11.3 Å². The summed E-state index contributed by atoms with van der Waals surface area (Å²) in [5.41, 5.74) is 7.12. The quantitative estimate of drug-likeness (QED) is 0.461. The summed E-state index contributed by atoms with van der Waals surface area (Å²) in [5, 5.41) is 7.63. The zero-order valence-corrected chi connectivity index (χ0v) is 13.1. The number of rotatable bonds is 4. The summed E-state index contributed by atoms with van der Waals surface area (Å²) in [4.78, 5) is 12.5. The van der Waals surface area contributed by atoms with E-state index in [1.807, 2.05) is 53.6 Å². The maximum Gasteiger partial charge on any atom is 0.153 e. The van der Waals surface area contributed by atoms with Gasteiger partial charge in [-0.2, -0.15) is 0 Å². The molecule has 0 rings (SSSR count). The molecule has 0 fully saturated rings. The molecular weight excluding hydrogens is 226 g/mol. The molecule has 0 aliphatic heterocycles. The summed E-state index contributed by atoms with van der Waals surface area (Å²) < 4.78 is 0. The minimum Gasteiger partial charge on any atom is -0.402 e. The number of aldehydes is 1. The molecule has 0 bridgehead atoms. The van der Waals surface area contributed by atoms with Crippen LogP contribution in [-0.4, -0.2) is 31.0 Å². The van der Waals surface area contributed by atoms with Crippen molar-refractivity contribution in [3.63, 3.8) is 0 Å². The Morgan fingerprint density at radius 3 is 1.72 bits per heavy atom. The summed E-state index contributed by atoms with van der Waals surface area (Å²) in [5.74, 6) is 0. The van der Waals surface area contributed by atoms with Crippen LogP contribution in [0.3, 0.4) is 0 Å². The van der Waals surface area contributed by atoms with E-state index in [2.05, 4.69) is 0 Å². The van der Waals surface area contributed by atoms with Crippen LogP contribution in [0.25, 0.3) is 0 Å². The van der Waals surface area contributed by atoms with Crippen LogP contribution in [0.2, 0.25) is 0 Å². The predicted molar refractivity (Wildman–Crippen MR) is 80.8 cm³/mol. The normalized spacial score (nSPS) is 11.0. The Morgan fingerprint density at radius 2 is 1.50 bits per heavy atom. The van der Waals surface area contributed by atoms with Gasteiger partial charge in [-0.25, -0.2) is 0 Å². The topological polar surface area (TPSA) is 70.2 Å². The predicted octanol–water partition coefficient (Wildman–Crippen LogP) is 2.96. The number of nitrogens with zero attached hydrogens (tertiary/aromatic N) is 1. The van der Waals surface area contributed by atoms with Crippen molar-refractivity contribution in [3.05, 3.63) is 23.0 Å². The van der Waals surface area contributed by atoms with Crippen LogP contribution < -0.4 is 5.73 Å². The third kappa shape index (κ3) is 9.63. The monoisotopic (exact) mass is 255 g/mol. The molecule has 0 amide bonds. The molecule has 106 valence electrons. The zero-order valence-electron chi connectivity index (χ0n) is 13.1. The Balaban J connectivity index is -0.000000506. The van der Waals surface area contributed by atoms with Gasteiger partial charge in [-0.1, -0.05) is 27.7 Å². The number of carbonyl (C=O) groups is 1. The fourth-order valence-corrected chi connectivity index (χ4v) is 0.785. The van der Waals surface area contributed by atoms with Crippen molar-refractivity contribution >= 4 is 12.0 Å². The fourth-order valence-electron chi connectivity index (χ4n) is 0.785. The maximum atomic E-state index is 10.6. The van der Waals surface area contributed by atoms with Gasteiger partial charge in [-0.15, -0.1) is 0 Å². The standard InChI is InChI=1S/C10H17N3O.2C2H6/c1-7(13(3)4)5-10(12)9(6-14)8(2)11;2*1-2/h5-6,12H,11H2,1-4H3;2*1-2H3/b7-5-,9-8-,12-10?;;. The Labute approximate surface area is 112 Å². The highest BCUT2D eigenvalue weighted by Gasteiger charge is 2.04. The van der Waals surface area contributed by atoms with Crippen LogP contribution >= 0.6 is 0 Å². The van der Waals surface area contributed by atoms with Crippen LogP contribution in [0.5, 0.6) is 0 Å². The lowest BCUT2D eigenvalue weighted by Gasteiger charge is -2.12. The summed E-state index contributed by atoms with van der Waals surface area (Å²) >= 11 is 0. The van der Waals surface area contributed by atoms with E-state index in [0.717, 1.165) is 5.70 Å².